The van der Waals surface area contributed by atoms with E-state index in [0.29, 0.717) is 11.1 Å². The quantitative estimate of drug-likeness (QED) is 0.601. The third kappa shape index (κ3) is 3.92. The van der Waals surface area contributed by atoms with Crippen molar-refractivity contribution in [2.45, 2.75) is 29.6 Å². The Morgan fingerprint density at radius 3 is 2.47 bits per heavy atom. The van der Waals surface area contributed by atoms with Gasteiger partial charge >= 0.3 is 5.51 Å². The zero-order chi connectivity index (χ0) is 13.2. The van der Waals surface area contributed by atoms with Crippen LogP contribution in [0.15, 0.2) is 23.1 Å². The summed E-state index contributed by atoms with van der Waals surface area (Å²) >= 11 is 5.65. The number of hydrogen-bond donors (Lipinski definition) is 0. The van der Waals surface area contributed by atoms with E-state index in [2.05, 4.69) is 0 Å². The van der Waals surface area contributed by atoms with Crippen LogP contribution in [0.1, 0.15) is 23.4 Å². The predicted octanol–water partition coefficient (Wildman–Crippen LogP) is 4.48. The maximum Gasteiger partial charge on any atom is 0.446 e. The standard InChI is InChI=1S/C11H10ClF3OS/c1-6-8(10(12)7(2)16)4-3-5-9(6)17-11(13,14)15/h3-5,10H,1-2H3. The summed E-state index contributed by atoms with van der Waals surface area (Å²) in [5.41, 5.74) is -3.53. The zero-order valence-electron chi connectivity index (χ0n) is 9.14. The lowest BCUT2D eigenvalue weighted by Gasteiger charge is -2.14. The molecule has 0 N–H and O–H groups in total. The fourth-order valence-corrected chi connectivity index (χ4v) is 2.26. The Morgan fingerprint density at radius 2 is 2.00 bits per heavy atom. The van der Waals surface area contributed by atoms with E-state index < -0.39 is 10.9 Å². The number of carbonyl (C=O) groups is 1. The van der Waals surface area contributed by atoms with Crippen molar-refractivity contribution in [3.05, 3.63) is 29.3 Å². The number of carbonyl (C=O) groups excluding carboxylic acids is 1. The van der Waals surface area contributed by atoms with Crippen molar-refractivity contribution in [2.24, 2.45) is 0 Å². The smallest absolute Gasteiger partial charge is 0.298 e. The van der Waals surface area contributed by atoms with Gasteiger partial charge in [0, 0.05) is 4.90 Å². The number of halogens is 4. The molecule has 0 heterocycles. The lowest BCUT2D eigenvalue weighted by atomic mass is 10.0. The Hall–Kier alpha value is -0.680. The molecule has 0 radical (unpaired) electrons. The van der Waals surface area contributed by atoms with Crippen LogP contribution in [0.4, 0.5) is 13.2 Å². The molecule has 1 nitrogen and oxygen atoms in total. The molecular formula is C11H10ClF3OS. The fraction of sp³-hybridized carbons (Fsp3) is 0.364. The maximum absolute atomic E-state index is 12.3. The zero-order valence-corrected chi connectivity index (χ0v) is 10.7. The molecule has 94 valence electrons. The molecule has 0 spiro atoms. The first kappa shape index (κ1) is 14.4. The highest BCUT2D eigenvalue weighted by atomic mass is 35.5. The molecule has 0 fully saturated rings. The van der Waals surface area contributed by atoms with Crippen molar-refractivity contribution >= 4 is 29.1 Å². The molecule has 1 atom stereocenters. The van der Waals surface area contributed by atoms with Gasteiger partial charge in [-0.1, -0.05) is 12.1 Å². The van der Waals surface area contributed by atoms with Crippen LogP contribution in [0, 0.1) is 6.92 Å². The summed E-state index contributed by atoms with van der Waals surface area (Å²) in [6.07, 6.45) is 0. The summed E-state index contributed by atoms with van der Waals surface area (Å²) in [6.45, 7) is 2.84. The van der Waals surface area contributed by atoms with Crippen LogP contribution in [0.5, 0.6) is 0 Å². The van der Waals surface area contributed by atoms with E-state index in [1.165, 1.54) is 26.0 Å². The molecule has 0 aliphatic rings. The summed E-state index contributed by atoms with van der Waals surface area (Å²) in [4.78, 5) is 11.2. The minimum atomic E-state index is -4.35. The Kier molecular flexibility index (Phi) is 4.49. The molecule has 1 aromatic carbocycles. The molecule has 0 aliphatic carbocycles. The third-order valence-electron chi connectivity index (χ3n) is 2.18. The highest BCUT2D eigenvalue weighted by Gasteiger charge is 2.30. The molecule has 6 heteroatoms. The molecule has 17 heavy (non-hydrogen) atoms. The van der Waals surface area contributed by atoms with E-state index in [9.17, 15) is 18.0 Å². The molecule has 1 unspecified atom stereocenters. The van der Waals surface area contributed by atoms with E-state index in [4.69, 9.17) is 11.6 Å². The minimum absolute atomic E-state index is 0.0712. The van der Waals surface area contributed by atoms with Crippen molar-refractivity contribution in [1.29, 1.82) is 0 Å². The summed E-state index contributed by atoms with van der Waals surface area (Å²) in [6, 6.07) is 4.39. The summed E-state index contributed by atoms with van der Waals surface area (Å²) in [5.74, 6) is -0.288. The van der Waals surface area contributed by atoms with Gasteiger partial charge in [-0.2, -0.15) is 13.2 Å². The molecule has 0 saturated heterocycles. The molecular weight excluding hydrogens is 273 g/mol. The molecule has 0 saturated carbocycles. The van der Waals surface area contributed by atoms with Gasteiger partial charge in [0.15, 0.2) is 5.78 Å². The Labute approximate surface area is 106 Å². The molecule has 1 rings (SSSR count). The van der Waals surface area contributed by atoms with Crippen LogP contribution in [-0.4, -0.2) is 11.3 Å². The van der Waals surface area contributed by atoms with Gasteiger partial charge in [-0.25, -0.2) is 0 Å². The molecule has 0 aromatic heterocycles. The second kappa shape index (κ2) is 5.31. The highest BCUT2D eigenvalue weighted by molar-refractivity contribution is 8.00. The van der Waals surface area contributed by atoms with E-state index >= 15 is 0 Å². The Balaban J connectivity index is 3.12. The van der Waals surface area contributed by atoms with E-state index in [1.807, 2.05) is 0 Å². The topological polar surface area (TPSA) is 17.1 Å². The first-order valence-electron chi connectivity index (χ1n) is 4.72. The second-order valence-electron chi connectivity index (χ2n) is 3.49. The van der Waals surface area contributed by atoms with Crippen LogP contribution >= 0.6 is 23.4 Å². The van der Waals surface area contributed by atoms with Crippen LogP contribution < -0.4 is 0 Å². The van der Waals surface area contributed by atoms with Crippen molar-refractivity contribution in [2.75, 3.05) is 0 Å². The molecule has 0 aliphatic heterocycles. The van der Waals surface area contributed by atoms with Gasteiger partial charge in [0.1, 0.15) is 5.38 Å². The average Bonchev–Trinajstić information content (AvgIpc) is 2.18. The fourth-order valence-electron chi connectivity index (χ4n) is 1.36. The predicted molar refractivity (Wildman–Crippen MR) is 62.4 cm³/mol. The summed E-state index contributed by atoms with van der Waals surface area (Å²) in [5, 5.41) is -0.899. The highest BCUT2D eigenvalue weighted by Crippen LogP contribution is 2.40. The van der Waals surface area contributed by atoms with Crippen LogP contribution in [-0.2, 0) is 4.79 Å². The Morgan fingerprint density at radius 1 is 1.41 bits per heavy atom. The van der Waals surface area contributed by atoms with E-state index in [-0.39, 0.29) is 22.4 Å². The molecule has 0 bridgehead atoms. The van der Waals surface area contributed by atoms with Gasteiger partial charge < -0.3 is 0 Å². The number of rotatable bonds is 3. The van der Waals surface area contributed by atoms with Gasteiger partial charge in [0.05, 0.1) is 0 Å². The van der Waals surface area contributed by atoms with E-state index in [1.54, 1.807) is 6.07 Å². The van der Waals surface area contributed by atoms with Crippen molar-refractivity contribution < 1.29 is 18.0 Å². The number of alkyl halides is 4. The minimum Gasteiger partial charge on any atom is -0.298 e. The SMILES string of the molecule is CC(=O)C(Cl)c1cccc(SC(F)(F)F)c1C. The van der Waals surface area contributed by atoms with Crippen LogP contribution in [0.3, 0.4) is 0 Å². The molecule has 0 amide bonds. The normalized spacial score (nSPS) is 13.5. The lowest BCUT2D eigenvalue weighted by molar-refractivity contribution is -0.116. The third-order valence-corrected chi connectivity index (χ3v) is 3.62. The molecule has 1 aromatic rings. The maximum atomic E-state index is 12.3. The van der Waals surface area contributed by atoms with Gasteiger partial charge in [-0.05, 0) is 42.8 Å². The number of benzene rings is 1. The average molecular weight is 283 g/mol. The first-order valence-corrected chi connectivity index (χ1v) is 5.97. The first-order chi connectivity index (χ1) is 7.72. The van der Waals surface area contributed by atoms with E-state index in [0.717, 1.165) is 0 Å². The van der Waals surface area contributed by atoms with Crippen molar-refractivity contribution in [3.63, 3.8) is 0 Å². The Bertz CT molecular complexity index is 431. The van der Waals surface area contributed by atoms with Gasteiger partial charge in [0.25, 0.3) is 0 Å². The number of ketones is 1. The second-order valence-corrected chi connectivity index (χ2v) is 5.03. The number of thioether (sulfide) groups is 1. The summed E-state index contributed by atoms with van der Waals surface area (Å²) in [7, 11) is 0. The van der Waals surface area contributed by atoms with Crippen molar-refractivity contribution in [1.82, 2.24) is 0 Å². The largest absolute Gasteiger partial charge is 0.446 e. The van der Waals surface area contributed by atoms with Gasteiger partial charge in [0.2, 0.25) is 0 Å². The van der Waals surface area contributed by atoms with Crippen LogP contribution in [0.2, 0.25) is 0 Å². The van der Waals surface area contributed by atoms with Gasteiger partial charge in [-0.15, -0.1) is 11.6 Å². The van der Waals surface area contributed by atoms with Gasteiger partial charge in [-0.3, -0.25) is 4.79 Å². The monoisotopic (exact) mass is 282 g/mol. The number of hydrogen-bond acceptors (Lipinski definition) is 2. The lowest BCUT2D eigenvalue weighted by Crippen LogP contribution is -2.06. The number of Topliss-reactive ketones (excluding diaryl/α,β-unsaturated/α-hetero) is 1. The summed E-state index contributed by atoms with van der Waals surface area (Å²) < 4.78 is 36.8. The van der Waals surface area contributed by atoms with Crippen LogP contribution in [0.25, 0.3) is 0 Å². The van der Waals surface area contributed by atoms with Crippen molar-refractivity contribution in [3.8, 4) is 0 Å².